The molecule has 0 bridgehead atoms. The Balaban J connectivity index is 1.99. The number of ketones is 1. The lowest BCUT2D eigenvalue weighted by molar-refractivity contribution is -0.123. The molecule has 0 radical (unpaired) electrons. The van der Waals surface area contributed by atoms with Gasteiger partial charge in [-0.3, -0.25) is 9.78 Å². The predicted octanol–water partition coefficient (Wildman–Crippen LogP) is 2.36. The van der Waals surface area contributed by atoms with Gasteiger partial charge >= 0.3 is 0 Å². The van der Waals surface area contributed by atoms with Crippen molar-refractivity contribution < 1.29 is 4.79 Å². The highest BCUT2D eigenvalue weighted by atomic mass is 35.5. The number of nitrogens with two attached hydrogens (primary N) is 1. The molecule has 1 aliphatic rings. The van der Waals surface area contributed by atoms with Gasteiger partial charge in [0.15, 0.2) is 0 Å². The van der Waals surface area contributed by atoms with E-state index in [0.29, 0.717) is 11.4 Å². The molecule has 1 aromatic rings. The van der Waals surface area contributed by atoms with Crippen LogP contribution in [0.2, 0.25) is 5.02 Å². The summed E-state index contributed by atoms with van der Waals surface area (Å²) in [5.41, 5.74) is 6.76. The quantitative estimate of drug-likeness (QED) is 0.899. The van der Waals surface area contributed by atoms with Gasteiger partial charge in [0, 0.05) is 30.8 Å². The van der Waals surface area contributed by atoms with E-state index in [1.807, 2.05) is 6.07 Å². The first-order chi connectivity index (χ1) is 8.16. The molecule has 1 aromatic heterocycles. The van der Waals surface area contributed by atoms with E-state index in [9.17, 15) is 4.79 Å². The Kier molecular flexibility index (Phi) is 4.13. The molecule has 1 saturated carbocycles. The van der Waals surface area contributed by atoms with E-state index in [4.69, 9.17) is 17.3 Å². The zero-order valence-corrected chi connectivity index (χ0v) is 10.5. The number of carbonyl (C=O) groups is 1. The molecule has 2 rings (SSSR count). The van der Waals surface area contributed by atoms with Crippen LogP contribution < -0.4 is 5.73 Å². The van der Waals surface area contributed by atoms with Gasteiger partial charge in [0.05, 0.1) is 5.02 Å². The van der Waals surface area contributed by atoms with Crippen molar-refractivity contribution in [2.75, 3.05) is 0 Å². The summed E-state index contributed by atoms with van der Waals surface area (Å²) in [6, 6.07) is 1.99. The fourth-order valence-electron chi connectivity index (χ4n) is 2.40. The maximum atomic E-state index is 12.1. The van der Waals surface area contributed by atoms with Gasteiger partial charge in [-0.2, -0.15) is 0 Å². The van der Waals surface area contributed by atoms with Crippen molar-refractivity contribution in [2.24, 2.45) is 11.7 Å². The molecule has 0 aliphatic heterocycles. The molecule has 0 saturated heterocycles. The van der Waals surface area contributed by atoms with Crippen molar-refractivity contribution >= 4 is 17.4 Å². The average molecular weight is 253 g/mol. The topological polar surface area (TPSA) is 56.0 Å². The highest BCUT2D eigenvalue weighted by Gasteiger charge is 2.25. The monoisotopic (exact) mass is 252 g/mol. The van der Waals surface area contributed by atoms with Gasteiger partial charge in [-0.1, -0.05) is 18.0 Å². The summed E-state index contributed by atoms with van der Waals surface area (Å²) >= 11 is 6.00. The van der Waals surface area contributed by atoms with Gasteiger partial charge in [-0.15, -0.1) is 0 Å². The summed E-state index contributed by atoms with van der Waals surface area (Å²) in [7, 11) is 0. The number of halogens is 1. The normalized spacial score (nSPS) is 24.6. The minimum Gasteiger partial charge on any atom is -0.328 e. The van der Waals surface area contributed by atoms with Gasteiger partial charge < -0.3 is 5.73 Å². The first kappa shape index (κ1) is 12.5. The average Bonchev–Trinajstić information content (AvgIpc) is 2.32. The molecular formula is C13H17ClN2O. The van der Waals surface area contributed by atoms with Crippen LogP contribution in [-0.4, -0.2) is 16.8 Å². The molecule has 2 N–H and O–H groups in total. The van der Waals surface area contributed by atoms with Crippen LogP contribution >= 0.6 is 11.6 Å². The van der Waals surface area contributed by atoms with Crippen molar-refractivity contribution in [1.82, 2.24) is 4.98 Å². The Morgan fingerprint density at radius 1 is 1.53 bits per heavy atom. The maximum Gasteiger partial charge on any atom is 0.140 e. The SMILES string of the molecule is NC1CCCC(C(=O)Cc2ccncc2Cl)C1. The molecule has 1 fully saturated rings. The maximum absolute atomic E-state index is 12.1. The van der Waals surface area contributed by atoms with Gasteiger partial charge in [-0.05, 0) is 30.9 Å². The number of hydrogen-bond donors (Lipinski definition) is 1. The van der Waals surface area contributed by atoms with Crippen molar-refractivity contribution in [1.29, 1.82) is 0 Å². The Morgan fingerprint density at radius 3 is 3.06 bits per heavy atom. The van der Waals surface area contributed by atoms with Crippen LogP contribution in [0.15, 0.2) is 18.5 Å². The number of carbonyl (C=O) groups excluding carboxylic acids is 1. The van der Waals surface area contributed by atoms with Crippen molar-refractivity contribution in [3.8, 4) is 0 Å². The lowest BCUT2D eigenvalue weighted by atomic mass is 9.82. The van der Waals surface area contributed by atoms with Crippen LogP contribution in [0.1, 0.15) is 31.2 Å². The van der Waals surface area contributed by atoms with E-state index in [2.05, 4.69) is 4.98 Å². The first-order valence-electron chi connectivity index (χ1n) is 6.03. The number of pyridine rings is 1. The molecule has 3 nitrogen and oxygen atoms in total. The Bertz CT molecular complexity index is 408. The fourth-order valence-corrected chi connectivity index (χ4v) is 2.59. The second kappa shape index (κ2) is 5.61. The third-order valence-electron chi connectivity index (χ3n) is 3.39. The summed E-state index contributed by atoms with van der Waals surface area (Å²) in [6.07, 6.45) is 7.54. The van der Waals surface area contributed by atoms with Crippen molar-refractivity contribution in [3.63, 3.8) is 0 Å². The summed E-state index contributed by atoms with van der Waals surface area (Å²) in [6.45, 7) is 0. The molecule has 0 aromatic carbocycles. The minimum absolute atomic E-state index is 0.114. The molecule has 1 heterocycles. The number of hydrogen-bond acceptors (Lipinski definition) is 3. The third kappa shape index (κ3) is 3.27. The Hall–Kier alpha value is -0.930. The molecule has 2 unspecified atom stereocenters. The van der Waals surface area contributed by atoms with E-state index in [-0.39, 0.29) is 17.7 Å². The van der Waals surface area contributed by atoms with Gasteiger partial charge in [-0.25, -0.2) is 0 Å². The van der Waals surface area contributed by atoms with E-state index in [1.54, 1.807) is 12.4 Å². The Labute approximate surface area is 106 Å². The lowest BCUT2D eigenvalue weighted by Gasteiger charge is -2.25. The second-order valence-corrected chi connectivity index (χ2v) is 5.14. The summed E-state index contributed by atoms with van der Waals surface area (Å²) in [5, 5.41) is 0.570. The van der Waals surface area contributed by atoms with Crippen LogP contribution in [0.25, 0.3) is 0 Å². The predicted molar refractivity (Wildman–Crippen MR) is 67.9 cm³/mol. The largest absolute Gasteiger partial charge is 0.328 e. The molecule has 0 amide bonds. The van der Waals surface area contributed by atoms with Gasteiger partial charge in [0.2, 0.25) is 0 Å². The second-order valence-electron chi connectivity index (χ2n) is 4.73. The van der Waals surface area contributed by atoms with Gasteiger partial charge in [0.25, 0.3) is 0 Å². The molecule has 1 aliphatic carbocycles. The highest BCUT2D eigenvalue weighted by molar-refractivity contribution is 6.31. The zero-order chi connectivity index (χ0) is 12.3. The highest BCUT2D eigenvalue weighted by Crippen LogP contribution is 2.26. The molecule has 0 spiro atoms. The van der Waals surface area contributed by atoms with E-state index in [0.717, 1.165) is 31.2 Å². The van der Waals surface area contributed by atoms with Crippen LogP contribution in [0.5, 0.6) is 0 Å². The molecular weight excluding hydrogens is 236 g/mol. The summed E-state index contributed by atoms with van der Waals surface area (Å²) < 4.78 is 0. The van der Waals surface area contributed by atoms with Crippen LogP contribution in [0.3, 0.4) is 0 Å². The fraction of sp³-hybridized carbons (Fsp3) is 0.538. The number of aromatic nitrogens is 1. The zero-order valence-electron chi connectivity index (χ0n) is 9.73. The number of Topliss-reactive ketones (excluding diaryl/α,β-unsaturated/α-hetero) is 1. The van der Waals surface area contributed by atoms with Crippen LogP contribution in [0.4, 0.5) is 0 Å². The first-order valence-corrected chi connectivity index (χ1v) is 6.41. The standard InChI is InChI=1S/C13H17ClN2O/c14-12-8-16-5-4-9(12)7-13(17)10-2-1-3-11(15)6-10/h4-5,8,10-11H,1-3,6-7,15H2. The van der Waals surface area contributed by atoms with E-state index < -0.39 is 0 Å². The Morgan fingerprint density at radius 2 is 2.35 bits per heavy atom. The molecule has 4 heteroatoms. The van der Waals surface area contributed by atoms with Crippen molar-refractivity contribution in [2.45, 2.75) is 38.1 Å². The smallest absolute Gasteiger partial charge is 0.140 e. The van der Waals surface area contributed by atoms with Crippen LogP contribution in [-0.2, 0) is 11.2 Å². The molecule has 92 valence electrons. The summed E-state index contributed by atoms with van der Waals surface area (Å²) in [4.78, 5) is 16.0. The van der Waals surface area contributed by atoms with E-state index >= 15 is 0 Å². The van der Waals surface area contributed by atoms with Gasteiger partial charge in [0.1, 0.15) is 5.78 Å². The lowest BCUT2D eigenvalue weighted by Crippen LogP contribution is -2.32. The summed E-state index contributed by atoms with van der Waals surface area (Å²) in [5.74, 6) is 0.372. The third-order valence-corrected chi connectivity index (χ3v) is 3.73. The minimum atomic E-state index is 0.114. The number of rotatable bonds is 3. The molecule has 2 atom stereocenters. The van der Waals surface area contributed by atoms with Crippen LogP contribution in [0, 0.1) is 5.92 Å². The van der Waals surface area contributed by atoms with Crippen molar-refractivity contribution in [3.05, 3.63) is 29.0 Å². The van der Waals surface area contributed by atoms with E-state index in [1.165, 1.54) is 0 Å². The number of nitrogens with zero attached hydrogens (tertiary/aromatic N) is 1. The molecule has 17 heavy (non-hydrogen) atoms.